The van der Waals surface area contributed by atoms with Crippen LogP contribution in [0.2, 0.25) is 0 Å². The number of carbonyl (C=O) groups is 2. The van der Waals surface area contributed by atoms with Gasteiger partial charge in [-0.3, -0.25) is 9.59 Å². The van der Waals surface area contributed by atoms with E-state index in [1.807, 2.05) is 6.07 Å². The fraction of sp³-hybridized carbons (Fsp3) is 0.222. The monoisotopic (exact) mass is 314 g/mol. The van der Waals surface area contributed by atoms with Crippen LogP contribution in [0.4, 0.5) is 4.39 Å². The smallest absolute Gasteiger partial charge is 0.251 e. The molecular weight excluding hydrogens is 295 g/mol. The average Bonchev–Trinajstić information content (AvgIpc) is 2.56. The zero-order valence-corrected chi connectivity index (χ0v) is 13.0. The summed E-state index contributed by atoms with van der Waals surface area (Å²) in [6, 6.07) is 15.2. The van der Waals surface area contributed by atoms with Gasteiger partial charge in [0.05, 0.1) is 0 Å². The van der Waals surface area contributed by atoms with Gasteiger partial charge in [-0.25, -0.2) is 4.39 Å². The maximum absolute atomic E-state index is 13.7. The summed E-state index contributed by atoms with van der Waals surface area (Å²) in [6.45, 7) is 2.24. The highest BCUT2D eigenvalue weighted by Crippen LogP contribution is 2.09. The van der Waals surface area contributed by atoms with Crippen molar-refractivity contribution in [3.63, 3.8) is 0 Å². The Labute approximate surface area is 134 Å². The number of halogens is 1. The van der Waals surface area contributed by atoms with Gasteiger partial charge >= 0.3 is 0 Å². The molecule has 0 heterocycles. The summed E-state index contributed by atoms with van der Waals surface area (Å²) < 4.78 is 13.7. The molecule has 0 bridgehead atoms. The standard InChI is InChI=1S/C18H19FN2O2/c1-14(22)21(13-16-9-5-6-10-17(16)19)12-11-20-18(23)15-7-3-2-4-8-15/h2-10H,11-13H2,1H3,(H,20,23). The third-order valence-corrected chi connectivity index (χ3v) is 3.47. The molecule has 120 valence electrons. The Balaban J connectivity index is 1.89. The lowest BCUT2D eigenvalue weighted by Gasteiger charge is -2.21. The highest BCUT2D eigenvalue weighted by atomic mass is 19.1. The van der Waals surface area contributed by atoms with Crippen LogP contribution in [-0.4, -0.2) is 29.8 Å². The normalized spacial score (nSPS) is 10.2. The number of hydrogen-bond donors (Lipinski definition) is 1. The summed E-state index contributed by atoms with van der Waals surface area (Å²) in [5, 5.41) is 2.76. The van der Waals surface area contributed by atoms with Crippen molar-refractivity contribution in [2.45, 2.75) is 13.5 Å². The van der Waals surface area contributed by atoms with Crippen molar-refractivity contribution in [2.24, 2.45) is 0 Å². The second-order valence-electron chi connectivity index (χ2n) is 5.15. The molecule has 0 unspecified atom stereocenters. The average molecular weight is 314 g/mol. The van der Waals surface area contributed by atoms with Crippen molar-refractivity contribution in [2.75, 3.05) is 13.1 Å². The van der Waals surface area contributed by atoms with Gasteiger partial charge in [0.15, 0.2) is 0 Å². The molecule has 2 aromatic carbocycles. The summed E-state index contributed by atoms with van der Waals surface area (Å²) in [5.41, 5.74) is 1.02. The molecule has 2 rings (SSSR count). The number of hydrogen-bond acceptors (Lipinski definition) is 2. The van der Waals surface area contributed by atoms with Gasteiger partial charge in [0.2, 0.25) is 5.91 Å². The van der Waals surface area contributed by atoms with Gasteiger partial charge in [-0.2, -0.15) is 0 Å². The first kappa shape index (κ1) is 16.7. The van der Waals surface area contributed by atoms with Crippen LogP contribution < -0.4 is 5.32 Å². The topological polar surface area (TPSA) is 49.4 Å². The second-order valence-corrected chi connectivity index (χ2v) is 5.15. The number of nitrogens with zero attached hydrogens (tertiary/aromatic N) is 1. The van der Waals surface area contributed by atoms with Crippen LogP contribution in [-0.2, 0) is 11.3 Å². The molecule has 0 aliphatic heterocycles. The minimum atomic E-state index is -0.341. The van der Waals surface area contributed by atoms with Crippen molar-refractivity contribution in [3.8, 4) is 0 Å². The van der Waals surface area contributed by atoms with Crippen LogP contribution in [0.25, 0.3) is 0 Å². The van der Waals surface area contributed by atoms with Gasteiger partial charge in [-0.05, 0) is 18.2 Å². The van der Waals surface area contributed by atoms with Gasteiger partial charge < -0.3 is 10.2 Å². The Bertz CT molecular complexity index is 674. The van der Waals surface area contributed by atoms with Crippen LogP contribution >= 0.6 is 0 Å². The molecule has 4 nitrogen and oxygen atoms in total. The first-order chi connectivity index (χ1) is 11.1. The number of rotatable bonds is 6. The Hall–Kier alpha value is -2.69. The lowest BCUT2D eigenvalue weighted by Crippen LogP contribution is -2.37. The molecule has 5 heteroatoms. The molecule has 2 amide bonds. The number of nitrogens with one attached hydrogen (secondary N) is 1. The van der Waals surface area contributed by atoms with Gasteiger partial charge in [0, 0.05) is 37.7 Å². The molecule has 23 heavy (non-hydrogen) atoms. The van der Waals surface area contributed by atoms with Crippen LogP contribution in [0.3, 0.4) is 0 Å². The van der Waals surface area contributed by atoms with Crippen molar-refractivity contribution in [1.82, 2.24) is 10.2 Å². The van der Waals surface area contributed by atoms with E-state index in [-0.39, 0.29) is 24.2 Å². The number of amides is 2. The number of carbonyl (C=O) groups excluding carboxylic acids is 2. The highest BCUT2D eigenvalue weighted by Gasteiger charge is 2.12. The van der Waals surface area contributed by atoms with Crippen LogP contribution in [0.15, 0.2) is 54.6 Å². The molecule has 0 fully saturated rings. The van der Waals surface area contributed by atoms with E-state index in [1.54, 1.807) is 42.5 Å². The van der Waals surface area contributed by atoms with E-state index in [0.29, 0.717) is 24.2 Å². The molecule has 1 N–H and O–H groups in total. The zero-order valence-electron chi connectivity index (χ0n) is 13.0. The number of benzene rings is 2. The third-order valence-electron chi connectivity index (χ3n) is 3.47. The predicted molar refractivity (Wildman–Crippen MR) is 86.3 cm³/mol. The summed E-state index contributed by atoms with van der Waals surface area (Å²) in [4.78, 5) is 25.1. The molecule has 0 saturated carbocycles. The van der Waals surface area contributed by atoms with Crippen molar-refractivity contribution < 1.29 is 14.0 Å². The molecule has 0 spiro atoms. The Morgan fingerprint density at radius 1 is 1.04 bits per heavy atom. The minimum Gasteiger partial charge on any atom is -0.350 e. The van der Waals surface area contributed by atoms with Crippen LogP contribution in [0.1, 0.15) is 22.8 Å². The molecular formula is C18H19FN2O2. The summed E-state index contributed by atoms with van der Waals surface area (Å²) >= 11 is 0. The maximum Gasteiger partial charge on any atom is 0.251 e. The first-order valence-electron chi connectivity index (χ1n) is 7.40. The molecule has 0 atom stereocenters. The van der Waals surface area contributed by atoms with E-state index < -0.39 is 0 Å². The van der Waals surface area contributed by atoms with E-state index >= 15 is 0 Å². The van der Waals surface area contributed by atoms with Gasteiger partial charge in [-0.15, -0.1) is 0 Å². The van der Waals surface area contributed by atoms with Gasteiger partial charge in [0.1, 0.15) is 5.82 Å². The molecule has 0 aliphatic carbocycles. The largest absolute Gasteiger partial charge is 0.350 e. The second kappa shape index (κ2) is 8.08. The zero-order chi connectivity index (χ0) is 16.7. The Morgan fingerprint density at radius 2 is 1.70 bits per heavy atom. The summed E-state index contributed by atoms with van der Waals surface area (Å²) in [7, 11) is 0. The molecule has 0 saturated heterocycles. The fourth-order valence-corrected chi connectivity index (χ4v) is 2.18. The Morgan fingerprint density at radius 3 is 2.35 bits per heavy atom. The quantitative estimate of drug-likeness (QED) is 0.891. The molecule has 2 aromatic rings. The van der Waals surface area contributed by atoms with Crippen molar-refractivity contribution >= 4 is 11.8 Å². The first-order valence-corrected chi connectivity index (χ1v) is 7.40. The van der Waals surface area contributed by atoms with Crippen molar-refractivity contribution in [1.29, 1.82) is 0 Å². The van der Waals surface area contributed by atoms with Crippen molar-refractivity contribution in [3.05, 3.63) is 71.5 Å². The van der Waals surface area contributed by atoms with Gasteiger partial charge in [0.25, 0.3) is 5.91 Å². The SMILES string of the molecule is CC(=O)N(CCNC(=O)c1ccccc1)Cc1ccccc1F. The van der Waals surface area contributed by atoms with Gasteiger partial charge in [-0.1, -0.05) is 36.4 Å². The fourth-order valence-electron chi connectivity index (χ4n) is 2.18. The van der Waals surface area contributed by atoms with E-state index in [2.05, 4.69) is 5.32 Å². The summed E-state index contributed by atoms with van der Waals surface area (Å²) in [5.74, 6) is -0.700. The molecule has 0 aromatic heterocycles. The van der Waals surface area contributed by atoms with Crippen LogP contribution in [0.5, 0.6) is 0 Å². The predicted octanol–water partition coefficient (Wildman–Crippen LogP) is 2.60. The molecule has 0 radical (unpaired) electrons. The van der Waals surface area contributed by atoms with E-state index in [9.17, 15) is 14.0 Å². The van der Waals surface area contributed by atoms with E-state index in [4.69, 9.17) is 0 Å². The third kappa shape index (κ3) is 4.92. The lowest BCUT2D eigenvalue weighted by molar-refractivity contribution is -0.129. The van der Waals surface area contributed by atoms with E-state index in [1.165, 1.54) is 17.9 Å². The Kier molecular flexibility index (Phi) is 5.86. The molecule has 0 aliphatic rings. The minimum absolute atomic E-state index is 0.165. The summed E-state index contributed by atoms with van der Waals surface area (Å²) in [6.07, 6.45) is 0. The lowest BCUT2D eigenvalue weighted by atomic mass is 10.2. The van der Waals surface area contributed by atoms with E-state index in [0.717, 1.165) is 0 Å². The maximum atomic E-state index is 13.7. The highest BCUT2D eigenvalue weighted by molar-refractivity contribution is 5.94. The van der Waals surface area contributed by atoms with Crippen LogP contribution in [0, 0.1) is 5.82 Å².